The number of nitrogens with one attached hydrogen (secondary N) is 1. The second-order valence-electron chi connectivity index (χ2n) is 4.87. The lowest BCUT2D eigenvalue weighted by atomic mass is 10.1. The molecule has 2 N–H and O–H groups in total. The summed E-state index contributed by atoms with van der Waals surface area (Å²) in [4.78, 5) is 15.5. The third kappa shape index (κ3) is 4.05. The van der Waals surface area contributed by atoms with Crippen LogP contribution >= 0.6 is 0 Å². The third-order valence-corrected chi connectivity index (χ3v) is 3.34. The number of carbonyl (C=O) groups is 1. The molecule has 1 heterocycles. The average molecular weight is 300 g/mol. The van der Waals surface area contributed by atoms with Crippen molar-refractivity contribution in [3.8, 4) is 11.3 Å². The van der Waals surface area contributed by atoms with Gasteiger partial charge in [0.1, 0.15) is 0 Å². The van der Waals surface area contributed by atoms with Crippen molar-refractivity contribution >= 4 is 11.7 Å². The number of hydrogen-bond acceptors (Lipinski definition) is 4. The second kappa shape index (κ2) is 7.56. The zero-order valence-electron chi connectivity index (χ0n) is 12.7. The van der Waals surface area contributed by atoms with Crippen LogP contribution < -0.4 is 5.32 Å². The van der Waals surface area contributed by atoms with E-state index >= 15 is 0 Å². The van der Waals surface area contributed by atoms with E-state index in [2.05, 4.69) is 10.3 Å². The minimum absolute atomic E-state index is 0.313. The van der Waals surface area contributed by atoms with Crippen LogP contribution in [0.3, 0.4) is 0 Å². The van der Waals surface area contributed by atoms with E-state index < -0.39 is 12.1 Å². The Bertz CT molecular complexity index is 626. The number of pyridine rings is 1. The topological polar surface area (TPSA) is 71.5 Å². The first-order chi connectivity index (χ1) is 10.6. The first-order valence-electron chi connectivity index (χ1n) is 7.21. The summed E-state index contributed by atoms with van der Waals surface area (Å²) in [7, 11) is 1.87. The molecular weight excluding hydrogens is 280 g/mol. The molecule has 0 aliphatic rings. The third-order valence-electron chi connectivity index (χ3n) is 3.34. The Balaban J connectivity index is 2.14. The molecule has 0 amide bonds. The fraction of sp³-hybridized carbons (Fsp3) is 0.294. The molecule has 0 aliphatic carbocycles. The van der Waals surface area contributed by atoms with E-state index in [0.717, 1.165) is 22.5 Å². The number of ether oxygens (including phenoxy) is 1. The molecule has 0 saturated heterocycles. The second-order valence-corrected chi connectivity index (χ2v) is 4.87. The molecule has 2 rings (SSSR count). The van der Waals surface area contributed by atoms with Crippen LogP contribution in [0.5, 0.6) is 0 Å². The van der Waals surface area contributed by atoms with Crippen molar-refractivity contribution in [1.82, 2.24) is 4.98 Å². The Morgan fingerprint density at radius 2 is 2.18 bits per heavy atom. The number of aliphatic carboxylic acids is 1. The maximum Gasteiger partial charge on any atom is 0.333 e. The molecule has 2 aromatic rings. The van der Waals surface area contributed by atoms with Gasteiger partial charge in [0.15, 0.2) is 6.10 Å². The molecule has 1 aromatic heterocycles. The molecule has 116 valence electrons. The van der Waals surface area contributed by atoms with Gasteiger partial charge in [0, 0.05) is 37.5 Å². The van der Waals surface area contributed by atoms with Crippen molar-refractivity contribution in [1.29, 1.82) is 0 Å². The summed E-state index contributed by atoms with van der Waals surface area (Å²) < 4.78 is 5.22. The van der Waals surface area contributed by atoms with Crippen LogP contribution in [-0.2, 0) is 16.0 Å². The van der Waals surface area contributed by atoms with Crippen molar-refractivity contribution in [2.75, 3.05) is 19.0 Å². The normalized spacial score (nSPS) is 11.9. The molecule has 22 heavy (non-hydrogen) atoms. The number of anilines is 1. The molecule has 0 spiro atoms. The molecule has 0 bridgehead atoms. The molecule has 5 nitrogen and oxygen atoms in total. The highest BCUT2D eigenvalue weighted by Gasteiger charge is 2.18. The van der Waals surface area contributed by atoms with E-state index in [1.54, 1.807) is 13.1 Å². The molecule has 0 fully saturated rings. The SMILES string of the molecule is CCO[C@@H](Cc1ccc(-c2cccc(NC)c2)nc1)C(=O)O. The number of hydrogen-bond donors (Lipinski definition) is 2. The van der Waals surface area contributed by atoms with Gasteiger partial charge in [-0.05, 0) is 30.7 Å². The summed E-state index contributed by atoms with van der Waals surface area (Å²) in [6.07, 6.45) is 1.19. The molecule has 1 atom stereocenters. The van der Waals surface area contributed by atoms with Crippen molar-refractivity contribution in [2.24, 2.45) is 0 Å². The number of rotatable bonds is 7. The van der Waals surface area contributed by atoms with Gasteiger partial charge in [0.05, 0.1) is 5.69 Å². The van der Waals surface area contributed by atoms with Crippen LogP contribution in [0.25, 0.3) is 11.3 Å². The summed E-state index contributed by atoms with van der Waals surface area (Å²) in [5.74, 6) is -0.951. The van der Waals surface area contributed by atoms with Crippen molar-refractivity contribution in [2.45, 2.75) is 19.4 Å². The minimum Gasteiger partial charge on any atom is -0.479 e. The number of carboxylic acids is 1. The van der Waals surface area contributed by atoms with Gasteiger partial charge in [-0.3, -0.25) is 4.98 Å². The van der Waals surface area contributed by atoms with Crippen molar-refractivity contribution in [3.05, 3.63) is 48.2 Å². The van der Waals surface area contributed by atoms with Crippen LogP contribution in [0.15, 0.2) is 42.6 Å². The van der Waals surface area contributed by atoms with E-state index in [0.29, 0.717) is 13.0 Å². The largest absolute Gasteiger partial charge is 0.479 e. The van der Waals surface area contributed by atoms with Gasteiger partial charge in [-0.2, -0.15) is 0 Å². The maximum absolute atomic E-state index is 11.1. The van der Waals surface area contributed by atoms with Crippen molar-refractivity contribution < 1.29 is 14.6 Å². The first kappa shape index (κ1) is 16.0. The Hall–Kier alpha value is -2.40. The van der Waals surface area contributed by atoms with Gasteiger partial charge in [-0.15, -0.1) is 0 Å². The molecule has 0 unspecified atom stereocenters. The fourth-order valence-corrected chi connectivity index (χ4v) is 2.18. The zero-order chi connectivity index (χ0) is 15.9. The van der Waals surface area contributed by atoms with Crippen LogP contribution in [0, 0.1) is 0 Å². The minimum atomic E-state index is -0.951. The van der Waals surface area contributed by atoms with Gasteiger partial charge in [0.2, 0.25) is 0 Å². The van der Waals surface area contributed by atoms with Crippen LogP contribution in [-0.4, -0.2) is 35.8 Å². The predicted molar refractivity (Wildman–Crippen MR) is 86.0 cm³/mol. The summed E-state index contributed by atoms with van der Waals surface area (Å²) in [6.45, 7) is 2.16. The van der Waals surface area contributed by atoms with Gasteiger partial charge in [-0.1, -0.05) is 18.2 Å². The van der Waals surface area contributed by atoms with E-state index in [4.69, 9.17) is 9.84 Å². The van der Waals surface area contributed by atoms with Gasteiger partial charge in [-0.25, -0.2) is 4.79 Å². The summed E-state index contributed by atoms with van der Waals surface area (Å²) in [5.41, 5.74) is 3.72. The zero-order valence-corrected chi connectivity index (χ0v) is 12.7. The number of benzene rings is 1. The number of aromatic nitrogens is 1. The van der Waals surface area contributed by atoms with E-state index in [1.807, 2.05) is 43.4 Å². The lowest BCUT2D eigenvalue weighted by molar-refractivity contribution is -0.149. The summed E-state index contributed by atoms with van der Waals surface area (Å²) in [5, 5.41) is 12.2. The Morgan fingerprint density at radius 3 is 2.77 bits per heavy atom. The highest BCUT2D eigenvalue weighted by Crippen LogP contribution is 2.21. The smallest absolute Gasteiger partial charge is 0.333 e. The van der Waals surface area contributed by atoms with Crippen LogP contribution in [0.4, 0.5) is 5.69 Å². The maximum atomic E-state index is 11.1. The Kier molecular flexibility index (Phi) is 5.49. The first-order valence-corrected chi connectivity index (χ1v) is 7.21. The lowest BCUT2D eigenvalue weighted by Crippen LogP contribution is -2.26. The van der Waals surface area contributed by atoms with E-state index in [1.165, 1.54) is 0 Å². The average Bonchev–Trinajstić information content (AvgIpc) is 2.55. The van der Waals surface area contributed by atoms with Crippen LogP contribution in [0.2, 0.25) is 0 Å². The standard InChI is InChI=1S/C17H20N2O3/c1-3-22-16(17(20)21)9-12-7-8-15(19-11-12)13-5-4-6-14(10-13)18-2/h4-8,10-11,16,18H,3,9H2,1-2H3,(H,20,21)/t16-/m0/s1. The number of carboxylic acid groups (broad SMARTS) is 1. The van der Waals surface area contributed by atoms with Gasteiger partial charge in [0.25, 0.3) is 0 Å². The highest BCUT2D eigenvalue weighted by atomic mass is 16.5. The quantitative estimate of drug-likeness (QED) is 0.822. The summed E-state index contributed by atoms with van der Waals surface area (Å²) >= 11 is 0. The fourth-order valence-electron chi connectivity index (χ4n) is 2.18. The summed E-state index contributed by atoms with van der Waals surface area (Å²) in [6, 6.07) is 11.7. The molecule has 1 aromatic carbocycles. The molecule has 0 saturated carbocycles. The van der Waals surface area contributed by atoms with Crippen LogP contribution in [0.1, 0.15) is 12.5 Å². The Labute approximate surface area is 130 Å². The molecule has 5 heteroatoms. The monoisotopic (exact) mass is 300 g/mol. The number of nitrogens with zero attached hydrogens (tertiary/aromatic N) is 1. The van der Waals surface area contributed by atoms with E-state index in [-0.39, 0.29) is 0 Å². The molecule has 0 aliphatic heterocycles. The van der Waals surface area contributed by atoms with E-state index in [9.17, 15) is 4.79 Å². The van der Waals surface area contributed by atoms with Gasteiger partial charge < -0.3 is 15.2 Å². The van der Waals surface area contributed by atoms with Gasteiger partial charge >= 0.3 is 5.97 Å². The molecular formula is C17H20N2O3. The predicted octanol–water partition coefficient (Wildman–Crippen LogP) is 2.82. The highest BCUT2D eigenvalue weighted by molar-refractivity contribution is 5.72. The Morgan fingerprint density at radius 1 is 1.36 bits per heavy atom. The molecule has 0 radical (unpaired) electrons. The lowest BCUT2D eigenvalue weighted by Gasteiger charge is -2.12. The van der Waals surface area contributed by atoms with Crippen molar-refractivity contribution in [3.63, 3.8) is 0 Å².